The van der Waals surface area contributed by atoms with E-state index in [9.17, 15) is 14.7 Å². The number of hydrogen-bond donors (Lipinski definition) is 1. The van der Waals surface area contributed by atoms with Crippen molar-refractivity contribution in [3.8, 4) is 0 Å². The van der Waals surface area contributed by atoms with Crippen molar-refractivity contribution < 1.29 is 19.4 Å². The molecule has 0 aromatic heterocycles. The highest BCUT2D eigenvalue weighted by Gasteiger charge is 2.58. The van der Waals surface area contributed by atoms with E-state index in [0.29, 0.717) is 6.54 Å². The van der Waals surface area contributed by atoms with Crippen molar-refractivity contribution in [2.24, 2.45) is 5.92 Å². The lowest BCUT2D eigenvalue weighted by Gasteiger charge is -2.28. The molecule has 140 valence electrons. The molecule has 3 atom stereocenters. The molecule has 1 heterocycles. The van der Waals surface area contributed by atoms with Crippen LogP contribution in [-0.2, 0) is 21.6 Å². The summed E-state index contributed by atoms with van der Waals surface area (Å²) in [6.07, 6.45) is -0.561. The smallest absolute Gasteiger partial charge is 0.410 e. The minimum absolute atomic E-state index is 0.0558. The van der Waals surface area contributed by atoms with E-state index < -0.39 is 18.1 Å². The van der Waals surface area contributed by atoms with Crippen molar-refractivity contribution in [1.82, 2.24) is 4.90 Å². The van der Waals surface area contributed by atoms with Crippen LogP contribution in [0.4, 0.5) is 4.79 Å². The van der Waals surface area contributed by atoms with E-state index in [1.165, 1.54) is 10.5 Å². The van der Waals surface area contributed by atoms with Crippen molar-refractivity contribution in [3.05, 3.63) is 71.3 Å². The van der Waals surface area contributed by atoms with Crippen LogP contribution >= 0.6 is 0 Å². The van der Waals surface area contributed by atoms with Gasteiger partial charge >= 0.3 is 12.1 Å². The van der Waals surface area contributed by atoms with Crippen molar-refractivity contribution >= 4 is 12.1 Å². The molecule has 27 heavy (non-hydrogen) atoms. The molecule has 0 radical (unpaired) electrons. The number of benzene rings is 2. The normalized spacial score (nSPS) is 25.0. The molecule has 2 aromatic rings. The largest absolute Gasteiger partial charge is 0.480 e. The minimum Gasteiger partial charge on any atom is -0.480 e. The number of amides is 1. The molecule has 1 N–H and O–H groups in total. The zero-order valence-corrected chi connectivity index (χ0v) is 15.5. The summed E-state index contributed by atoms with van der Waals surface area (Å²) in [7, 11) is 0. The van der Waals surface area contributed by atoms with Crippen LogP contribution in [-0.4, -0.2) is 34.7 Å². The first-order chi connectivity index (χ1) is 12.9. The van der Waals surface area contributed by atoms with Gasteiger partial charge in [0.05, 0.1) is 0 Å². The topological polar surface area (TPSA) is 66.8 Å². The number of likely N-dealkylation sites (tertiary alicyclic amines) is 1. The molecule has 5 heteroatoms. The third kappa shape index (κ3) is 2.78. The zero-order chi connectivity index (χ0) is 19.2. The minimum atomic E-state index is -0.980. The second-order valence-electron chi connectivity index (χ2n) is 7.92. The lowest BCUT2D eigenvalue weighted by atomic mass is 9.76. The van der Waals surface area contributed by atoms with E-state index in [-0.39, 0.29) is 23.9 Å². The average molecular weight is 365 g/mol. The van der Waals surface area contributed by atoms with Crippen molar-refractivity contribution in [2.75, 3.05) is 6.54 Å². The maximum Gasteiger partial charge on any atom is 0.410 e. The van der Waals surface area contributed by atoms with Crippen LogP contribution < -0.4 is 0 Å². The first-order valence-electron chi connectivity index (χ1n) is 9.21. The fourth-order valence-corrected chi connectivity index (χ4v) is 4.77. The third-order valence-electron chi connectivity index (χ3n) is 6.14. The van der Waals surface area contributed by atoms with Gasteiger partial charge in [-0.1, -0.05) is 68.4 Å². The Labute approximate surface area is 158 Å². The Morgan fingerprint density at radius 1 is 1.11 bits per heavy atom. The summed E-state index contributed by atoms with van der Waals surface area (Å²) in [5.41, 5.74) is 2.91. The molecular formula is C22H23NO4. The van der Waals surface area contributed by atoms with Crippen LogP contribution in [0.25, 0.3) is 0 Å². The summed E-state index contributed by atoms with van der Waals surface area (Å²) in [4.78, 5) is 26.2. The summed E-state index contributed by atoms with van der Waals surface area (Å²) in [6.45, 7) is 4.79. The Morgan fingerprint density at radius 3 is 2.48 bits per heavy atom. The third-order valence-corrected chi connectivity index (χ3v) is 6.14. The molecule has 0 saturated carbocycles. The molecule has 0 bridgehead atoms. The number of aliphatic carboxylic acids is 1. The van der Waals surface area contributed by atoms with Gasteiger partial charge in [-0.25, -0.2) is 9.59 Å². The highest BCUT2D eigenvalue weighted by atomic mass is 16.6. The van der Waals surface area contributed by atoms with Crippen LogP contribution in [0.15, 0.2) is 54.6 Å². The van der Waals surface area contributed by atoms with E-state index in [0.717, 1.165) is 11.1 Å². The lowest BCUT2D eigenvalue weighted by molar-refractivity contribution is -0.142. The van der Waals surface area contributed by atoms with Gasteiger partial charge in [0.25, 0.3) is 0 Å². The molecule has 0 spiro atoms. The van der Waals surface area contributed by atoms with Crippen LogP contribution in [0.5, 0.6) is 0 Å². The quantitative estimate of drug-likeness (QED) is 0.899. The first-order valence-corrected chi connectivity index (χ1v) is 9.21. The van der Waals surface area contributed by atoms with Gasteiger partial charge in [-0.05, 0) is 28.0 Å². The molecule has 4 rings (SSSR count). The summed E-state index contributed by atoms with van der Waals surface area (Å²) < 4.78 is 5.44. The molecule has 2 aromatic carbocycles. The van der Waals surface area contributed by atoms with Crippen molar-refractivity contribution in [2.45, 2.75) is 37.8 Å². The number of hydrogen-bond acceptors (Lipinski definition) is 3. The number of carbonyl (C=O) groups excluding carboxylic acids is 1. The molecule has 1 unspecified atom stereocenters. The van der Waals surface area contributed by atoms with Crippen molar-refractivity contribution in [3.63, 3.8) is 0 Å². The fraction of sp³-hybridized carbons (Fsp3) is 0.364. The van der Waals surface area contributed by atoms with Gasteiger partial charge in [0.1, 0.15) is 12.6 Å². The molecule has 1 aliphatic carbocycles. The summed E-state index contributed by atoms with van der Waals surface area (Å²) >= 11 is 0. The molecule has 5 nitrogen and oxygen atoms in total. The molecule has 2 aliphatic rings. The number of carbonyl (C=O) groups is 2. The van der Waals surface area contributed by atoms with Gasteiger partial charge in [-0.2, -0.15) is 0 Å². The number of carboxylic acid groups (broad SMARTS) is 1. The second-order valence-corrected chi connectivity index (χ2v) is 7.92. The summed E-state index contributed by atoms with van der Waals surface area (Å²) in [6, 6.07) is 16.5. The number of fused-ring (bicyclic) bond motifs is 3. The number of rotatable bonds is 3. The van der Waals surface area contributed by atoms with E-state index >= 15 is 0 Å². The fourth-order valence-electron chi connectivity index (χ4n) is 4.77. The Balaban J connectivity index is 1.61. The maximum absolute atomic E-state index is 12.7. The summed E-state index contributed by atoms with van der Waals surface area (Å²) in [5, 5.41) is 9.91. The second kappa shape index (κ2) is 6.41. The maximum atomic E-state index is 12.7. The number of ether oxygens (including phenoxy) is 1. The predicted molar refractivity (Wildman–Crippen MR) is 100 cm³/mol. The van der Waals surface area contributed by atoms with Crippen LogP contribution in [0.3, 0.4) is 0 Å². The van der Waals surface area contributed by atoms with E-state index in [2.05, 4.69) is 19.9 Å². The van der Waals surface area contributed by atoms with Crippen LogP contribution in [0, 0.1) is 5.92 Å². The van der Waals surface area contributed by atoms with Gasteiger partial charge in [0, 0.05) is 12.5 Å². The number of carboxylic acids is 1. The van der Waals surface area contributed by atoms with E-state index in [1.807, 2.05) is 48.5 Å². The van der Waals surface area contributed by atoms with Gasteiger partial charge in [0.2, 0.25) is 0 Å². The van der Waals surface area contributed by atoms with Gasteiger partial charge in [0.15, 0.2) is 0 Å². The standard InChI is InChI=1S/C22H23NO4/c1-22(2)16-11-7-6-10-15(16)18-17(22)12-23(19(18)20(24)25)21(26)27-13-14-8-4-3-5-9-14/h3-11,17-19H,12-13H2,1-2H3,(H,24,25)/t17?,18-,19-/m0/s1. The van der Waals surface area contributed by atoms with Crippen LogP contribution in [0.1, 0.15) is 36.5 Å². The van der Waals surface area contributed by atoms with Gasteiger partial charge in [-0.15, -0.1) is 0 Å². The van der Waals surface area contributed by atoms with Crippen molar-refractivity contribution in [1.29, 1.82) is 0 Å². The molecule has 1 fully saturated rings. The monoisotopic (exact) mass is 365 g/mol. The first kappa shape index (κ1) is 17.6. The highest BCUT2D eigenvalue weighted by molar-refractivity contribution is 5.83. The highest BCUT2D eigenvalue weighted by Crippen LogP contribution is 2.56. The Morgan fingerprint density at radius 2 is 1.78 bits per heavy atom. The summed E-state index contributed by atoms with van der Waals surface area (Å²) in [5.74, 6) is -1.13. The lowest BCUT2D eigenvalue weighted by Crippen LogP contribution is -2.43. The molecule has 1 aliphatic heterocycles. The zero-order valence-electron chi connectivity index (χ0n) is 15.5. The Bertz CT molecular complexity index is 877. The SMILES string of the molecule is CC1(C)c2ccccc2[C@H]2C1CN(C(=O)OCc1ccccc1)[C@@H]2C(=O)O. The molecule has 1 amide bonds. The van der Waals surface area contributed by atoms with Gasteiger partial charge in [-0.3, -0.25) is 4.90 Å². The Kier molecular flexibility index (Phi) is 4.17. The molecule has 1 saturated heterocycles. The predicted octanol–water partition coefficient (Wildman–Crippen LogP) is 3.78. The van der Waals surface area contributed by atoms with E-state index in [4.69, 9.17) is 4.74 Å². The molecular weight excluding hydrogens is 342 g/mol. The van der Waals surface area contributed by atoms with E-state index in [1.54, 1.807) is 0 Å². The van der Waals surface area contributed by atoms with Gasteiger partial charge < -0.3 is 9.84 Å². The Hall–Kier alpha value is -2.82. The van der Waals surface area contributed by atoms with Crippen LogP contribution in [0.2, 0.25) is 0 Å². The average Bonchev–Trinajstić information content (AvgIpc) is 3.17. The number of nitrogens with zero attached hydrogens (tertiary/aromatic N) is 1.